The molecule has 1 N–H and O–H groups in total. The molecule has 1 aliphatic rings. The molecule has 3 aromatic rings. The first-order valence-electron chi connectivity index (χ1n) is 8.39. The average molecular weight is 373 g/mol. The number of hydrogen-bond donors (Lipinski definition) is 1. The lowest BCUT2D eigenvalue weighted by atomic mass is 10.1. The number of H-pyrrole nitrogens is 1. The van der Waals surface area contributed by atoms with Gasteiger partial charge in [0.1, 0.15) is 29.6 Å². The minimum Gasteiger partial charge on any atom is -0.365 e. The zero-order valence-electron chi connectivity index (χ0n) is 14.5. The predicted octanol–water partition coefficient (Wildman–Crippen LogP) is 2.08. The molecule has 3 heterocycles. The van der Waals surface area contributed by atoms with Crippen LogP contribution in [0.15, 0.2) is 36.9 Å². The second-order valence-corrected chi connectivity index (χ2v) is 6.36. The van der Waals surface area contributed by atoms with Crippen molar-refractivity contribution in [3.63, 3.8) is 0 Å². The van der Waals surface area contributed by atoms with E-state index in [9.17, 15) is 13.6 Å². The number of morpholine rings is 1. The fourth-order valence-corrected chi connectivity index (χ4v) is 3.13. The molecular weight excluding hydrogens is 356 g/mol. The standard InChI is InChI=1S/C18H17F2N5O2/c1-24-7-12(27-9-15(24)26)8-25-10-23-16(17(25)18-21-4-5-22-18)13-6-11(19)2-3-14(13)20/h2-6,10,12H,7-9H2,1H3,(H,21,22). The summed E-state index contributed by atoms with van der Waals surface area (Å²) in [7, 11) is 1.72. The van der Waals surface area contributed by atoms with E-state index in [1.807, 2.05) is 0 Å². The van der Waals surface area contributed by atoms with Crippen LogP contribution in [0.2, 0.25) is 0 Å². The smallest absolute Gasteiger partial charge is 0.248 e. The summed E-state index contributed by atoms with van der Waals surface area (Å²) < 4.78 is 35.4. The van der Waals surface area contributed by atoms with Gasteiger partial charge in [-0.15, -0.1) is 0 Å². The SMILES string of the molecule is CN1CC(Cn2cnc(-c3cc(F)ccc3F)c2-c2ncc[nH]2)OCC1=O. The fourth-order valence-electron chi connectivity index (χ4n) is 3.13. The Morgan fingerprint density at radius 2 is 2.19 bits per heavy atom. The summed E-state index contributed by atoms with van der Waals surface area (Å²) in [6.45, 7) is 0.827. The number of nitrogens with one attached hydrogen (secondary N) is 1. The third kappa shape index (κ3) is 3.33. The van der Waals surface area contributed by atoms with Crippen LogP contribution in [0.25, 0.3) is 22.8 Å². The number of imidazole rings is 2. The Bertz CT molecular complexity index is 970. The molecule has 140 valence electrons. The van der Waals surface area contributed by atoms with Crippen LogP contribution in [0.3, 0.4) is 0 Å². The van der Waals surface area contributed by atoms with Crippen molar-refractivity contribution in [1.82, 2.24) is 24.4 Å². The van der Waals surface area contributed by atoms with Crippen molar-refractivity contribution in [1.29, 1.82) is 0 Å². The van der Waals surface area contributed by atoms with Gasteiger partial charge in [-0.25, -0.2) is 18.7 Å². The number of amides is 1. The van der Waals surface area contributed by atoms with E-state index in [2.05, 4.69) is 15.0 Å². The van der Waals surface area contributed by atoms with E-state index < -0.39 is 11.6 Å². The molecule has 2 aromatic heterocycles. The van der Waals surface area contributed by atoms with Crippen LogP contribution in [0, 0.1) is 11.6 Å². The molecule has 9 heteroatoms. The number of aromatic amines is 1. The summed E-state index contributed by atoms with van der Waals surface area (Å²) in [5.74, 6) is -0.729. The zero-order valence-corrected chi connectivity index (χ0v) is 14.5. The van der Waals surface area contributed by atoms with Crippen molar-refractivity contribution in [2.45, 2.75) is 12.6 Å². The largest absolute Gasteiger partial charge is 0.365 e. The summed E-state index contributed by atoms with van der Waals surface area (Å²) >= 11 is 0. The Morgan fingerprint density at radius 3 is 2.93 bits per heavy atom. The molecule has 1 aliphatic heterocycles. The van der Waals surface area contributed by atoms with Gasteiger partial charge in [-0.05, 0) is 18.2 Å². The summed E-state index contributed by atoms with van der Waals surface area (Å²) in [6, 6.07) is 3.24. The van der Waals surface area contributed by atoms with Gasteiger partial charge in [-0.3, -0.25) is 4.79 Å². The monoisotopic (exact) mass is 373 g/mol. The first-order chi connectivity index (χ1) is 13.0. The Morgan fingerprint density at radius 1 is 1.33 bits per heavy atom. The average Bonchev–Trinajstić information content (AvgIpc) is 3.30. The van der Waals surface area contributed by atoms with Crippen LogP contribution in [-0.2, 0) is 16.1 Å². The summed E-state index contributed by atoms with van der Waals surface area (Å²) in [5, 5.41) is 0. The van der Waals surface area contributed by atoms with Crippen LogP contribution in [0.5, 0.6) is 0 Å². The molecule has 1 fully saturated rings. The van der Waals surface area contributed by atoms with E-state index in [1.54, 1.807) is 28.9 Å². The first-order valence-corrected chi connectivity index (χ1v) is 8.39. The Hall–Kier alpha value is -3.07. The number of carbonyl (C=O) groups excluding carboxylic acids is 1. The van der Waals surface area contributed by atoms with Crippen LogP contribution in [0.1, 0.15) is 0 Å². The third-order valence-corrected chi connectivity index (χ3v) is 4.49. The number of hydrogen-bond acceptors (Lipinski definition) is 4. The lowest BCUT2D eigenvalue weighted by Gasteiger charge is -2.30. The maximum absolute atomic E-state index is 14.3. The molecular formula is C18H17F2N5O2. The molecule has 0 spiro atoms. The number of nitrogens with zero attached hydrogens (tertiary/aromatic N) is 4. The molecule has 1 unspecified atom stereocenters. The maximum Gasteiger partial charge on any atom is 0.248 e. The second kappa shape index (κ2) is 6.92. The van der Waals surface area contributed by atoms with Gasteiger partial charge in [0.2, 0.25) is 5.91 Å². The Balaban J connectivity index is 1.74. The number of ether oxygens (including phenoxy) is 1. The highest BCUT2D eigenvalue weighted by atomic mass is 19.1. The molecule has 7 nitrogen and oxygen atoms in total. The van der Waals surface area contributed by atoms with Crippen LogP contribution in [-0.4, -0.2) is 56.6 Å². The van der Waals surface area contributed by atoms with Crippen LogP contribution in [0.4, 0.5) is 8.78 Å². The molecule has 0 aliphatic carbocycles. The second-order valence-electron chi connectivity index (χ2n) is 6.36. The van der Waals surface area contributed by atoms with Gasteiger partial charge in [-0.1, -0.05) is 0 Å². The summed E-state index contributed by atoms with van der Waals surface area (Å²) in [6.07, 6.45) is 4.50. The van der Waals surface area contributed by atoms with E-state index in [4.69, 9.17) is 4.74 Å². The molecule has 0 radical (unpaired) electrons. The Labute approximate surface area is 153 Å². The van der Waals surface area contributed by atoms with Crippen LogP contribution < -0.4 is 0 Å². The highest BCUT2D eigenvalue weighted by Gasteiger charge is 2.26. The molecule has 1 aromatic carbocycles. The van der Waals surface area contributed by atoms with E-state index in [0.29, 0.717) is 24.6 Å². The topological polar surface area (TPSA) is 76.0 Å². The number of carbonyl (C=O) groups is 1. The molecule has 0 bridgehead atoms. The minimum atomic E-state index is -0.575. The molecule has 0 saturated carbocycles. The number of halogens is 2. The van der Waals surface area contributed by atoms with E-state index >= 15 is 0 Å². The Kier molecular flexibility index (Phi) is 4.44. The van der Waals surface area contributed by atoms with Gasteiger partial charge in [-0.2, -0.15) is 0 Å². The molecule has 1 amide bonds. The van der Waals surface area contributed by atoms with Crippen molar-refractivity contribution >= 4 is 5.91 Å². The van der Waals surface area contributed by atoms with Gasteiger partial charge in [0.25, 0.3) is 0 Å². The van der Waals surface area contributed by atoms with Crippen LogP contribution >= 0.6 is 0 Å². The van der Waals surface area contributed by atoms with Gasteiger partial charge in [0, 0.05) is 31.5 Å². The van der Waals surface area contributed by atoms with E-state index in [-0.39, 0.29) is 29.9 Å². The first kappa shape index (κ1) is 17.3. The third-order valence-electron chi connectivity index (χ3n) is 4.49. The number of likely N-dealkylation sites (N-methyl/N-ethyl adjacent to an activating group) is 1. The molecule has 4 rings (SSSR count). The highest BCUT2D eigenvalue weighted by Crippen LogP contribution is 2.31. The number of benzene rings is 1. The minimum absolute atomic E-state index is 0.0112. The lowest BCUT2D eigenvalue weighted by molar-refractivity contribution is -0.147. The fraction of sp³-hybridized carbons (Fsp3) is 0.278. The number of rotatable bonds is 4. The summed E-state index contributed by atoms with van der Waals surface area (Å²) in [5.41, 5.74) is 0.854. The summed E-state index contributed by atoms with van der Waals surface area (Å²) in [4.78, 5) is 24.7. The van der Waals surface area contributed by atoms with E-state index in [1.165, 1.54) is 6.33 Å². The van der Waals surface area contributed by atoms with Gasteiger partial charge >= 0.3 is 0 Å². The number of aromatic nitrogens is 4. The van der Waals surface area contributed by atoms with E-state index in [0.717, 1.165) is 18.2 Å². The normalized spacial score (nSPS) is 17.5. The zero-order chi connectivity index (χ0) is 19.0. The molecule has 1 saturated heterocycles. The van der Waals surface area contributed by atoms with Crippen molar-refractivity contribution in [3.8, 4) is 22.8 Å². The molecule has 27 heavy (non-hydrogen) atoms. The quantitative estimate of drug-likeness (QED) is 0.760. The molecule has 1 atom stereocenters. The maximum atomic E-state index is 14.3. The van der Waals surface area contributed by atoms with Crippen molar-refractivity contribution in [2.24, 2.45) is 0 Å². The van der Waals surface area contributed by atoms with Gasteiger partial charge in [0.15, 0.2) is 5.82 Å². The van der Waals surface area contributed by atoms with Crippen molar-refractivity contribution in [3.05, 3.63) is 48.6 Å². The van der Waals surface area contributed by atoms with Gasteiger partial charge in [0.05, 0.1) is 19.0 Å². The van der Waals surface area contributed by atoms with Crippen molar-refractivity contribution < 1.29 is 18.3 Å². The predicted molar refractivity (Wildman–Crippen MR) is 92.5 cm³/mol. The lowest BCUT2D eigenvalue weighted by Crippen LogP contribution is -2.45. The van der Waals surface area contributed by atoms with Gasteiger partial charge < -0.3 is 19.2 Å². The van der Waals surface area contributed by atoms with Crippen molar-refractivity contribution in [2.75, 3.05) is 20.2 Å². The highest BCUT2D eigenvalue weighted by molar-refractivity contribution is 5.78.